The van der Waals surface area contributed by atoms with Crippen molar-refractivity contribution in [1.29, 1.82) is 0 Å². The van der Waals surface area contributed by atoms with Crippen LogP contribution in [-0.2, 0) is 0 Å². The van der Waals surface area contributed by atoms with E-state index in [0.717, 1.165) is 12.0 Å². The van der Waals surface area contributed by atoms with Crippen LogP contribution >= 0.6 is 0 Å². The van der Waals surface area contributed by atoms with Gasteiger partial charge in [-0.25, -0.2) is 0 Å². The Kier molecular flexibility index (Phi) is 4.02. The summed E-state index contributed by atoms with van der Waals surface area (Å²) in [6.07, 6.45) is 2.64. The lowest BCUT2D eigenvalue weighted by molar-refractivity contribution is 0.311. The fourth-order valence-electron chi connectivity index (χ4n) is 2.25. The smallest absolute Gasteiger partial charge is 0.0102 e. The maximum atomic E-state index is 3.41. The van der Waals surface area contributed by atoms with Crippen molar-refractivity contribution in [2.45, 2.75) is 32.7 Å². The van der Waals surface area contributed by atoms with E-state index in [9.17, 15) is 0 Å². The maximum absolute atomic E-state index is 3.41. The molecule has 0 spiro atoms. The molecule has 12 heavy (non-hydrogen) atoms. The van der Waals surface area contributed by atoms with Gasteiger partial charge >= 0.3 is 0 Å². The van der Waals surface area contributed by atoms with Crippen LogP contribution in [0.1, 0.15) is 26.7 Å². The van der Waals surface area contributed by atoms with Crippen LogP contribution < -0.4 is 5.32 Å². The zero-order chi connectivity index (χ0) is 8.97. The second-order valence-electron chi connectivity index (χ2n) is 3.75. The Morgan fingerprint density at radius 3 is 2.67 bits per heavy atom. The Morgan fingerprint density at radius 1 is 1.50 bits per heavy atom. The highest BCUT2D eigenvalue weighted by Crippen LogP contribution is 2.20. The third-order valence-electron chi connectivity index (χ3n) is 3.14. The Bertz CT molecular complexity index is 121. The average Bonchev–Trinajstić information content (AvgIpc) is 2.55. The van der Waals surface area contributed by atoms with Crippen molar-refractivity contribution >= 4 is 0 Å². The minimum absolute atomic E-state index is 0.738. The Hall–Kier alpha value is -0.0800. The van der Waals surface area contributed by atoms with Gasteiger partial charge in [-0.05, 0) is 38.9 Å². The number of rotatable bonds is 4. The summed E-state index contributed by atoms with van der Waals surface area (Å²) in [7, 11) is 2.09. The SMILES string of the molecule is CCC(NC)C1CCN(CC)C1. The number of hydrogen-bond donors (Lipinski definition) is 1. The molecule has 2 atom stereocenters. The van der Waals surface area contributed by atoms with Gasteiger partial charge in [0.05, 0.1) is 0 Å². The van der Waals surface area contributed by atoms with E-state index >= 15 is 0 Å². The van der Waals surface area contributed by atoms with E-state index < -0.39 is 0 Å². The van der Waals surface area contributed by atoms with Crippen LogP contribution in [0, 0.1) is 5.92 Å². The molecular formula is C10H22N2. The predicted octanol–water partition coefficient (Wildman–Crippen LogP) is 1.33. The van der Waals surface area contributed by atoms with Crippen LogP contribution in [0.15, 0.2) is 0 Å². The van der Waals surface area contributed by atoms with Crippen LogP contribution in [0.3, 0.4) is 0 Å². The van der Waals surface area contributed by atoms with Gasteiger partial charge in [-0.2, -0.15) is 0 Å². The number of nitrogens with zero attached hydrogens (tertiary/aromatic N) is 1. The quantitative estimate of drug-likeness (QED) is 0.684. The van der Waals surface area contributed by atoms with Crippen LogP contribution in [0.5, 0.6) is 0 Å². The Labute approximate surface area is 76.3 Å². The molecule has 0 bridgehead atoms. The third-order valence-corrected chi connectivity index (χ3v) is 3.14. The lowest BCUT2D eigenvalue weighted by Gasteiger charge is -2.21. The van der Waals surface area contributed by atoms with Gasteiger partial charge < -0.3 is 10.2 Å². The predicted molar refractivity (Wildman–Crippen MR) is 53.4 cm³/mol. The fraction of sp³-hybridized carbons (Fsp3) is 1.00. The van der Waals surface area contributed by atoms with E-state index in [1.54, 1.807) is 0 Å². The third kappa shape index (κ3) is 2.20. The van der Waals surface area contributed by atoms with Crippen LogP contribution in [0.4, 0.5) is 0 Å². The Balaban J connectivity index is 2.34. The van der Waals surface area contributed by atoms with Gasteiger partial charge in [0.15, 0.2) is 0 Å². The maximum Gasteiger partial charge on any atom is 0.0102 e. The summed E-state index contributed by atoms with van der Waals surface area (Å²) < 4.78 is 0. The molecule has 0 aromatic carbocycles. The van der Waals surface area contributed by atoms with Crippen molar-refractivity contribution in [2.75, 3.05) is 26.7 Å². The van der Waals surface area contributed by atoms with Crippen LogP contribution in [0.25, 0.3) is 0 Å². The van der Waals surface area contributed by atoms with Crippen molar-refractivity contribution in [3.05, 3.63) is 0 Å². The molecule has 1 rings (SSSR count). The van der Waals surface area contributed by atoms with Crippen LogP contribution in [0.2, 0.25) is 0 Å². The lowest BCUT2D eigenvalue weighted by Crippen LogP contribution is -2.34. The monoisotopic (exact) mass is 170 g/mol. The zero-order valence-corrected chi connectivity index (χ0v) is 8.64. The van der Waals surface area contributed by atoms with E-state index in [1.165, 1.54) is 32.5 Å². The summed E-state index contributed by atoms with van der Waals surface area (Å²) in [5, 5.41) is 3.41. The molecule has 1 N–H and O–H groups in total. The topological polar surface area (TPSA) is 15.3 Å². The first-order chi connectivity index (χ1) is 5.81. The summed E-state index contributed by atoms with van der Waals surface area (Å²) in [5.41, 5.74) is 0. The molecule has 2 unspecified atom stereocenters. The van der Waals surface area contributed by atoms with E-state index in [4.69, 9.17) is 0 Å². The summed E-state index contributed by atoms with van der Waals surface area (Å²) in [6.45, 7) is 8.35. The van der Waals surface area contributed by atoms with Crippen molar-refractivity contribution in [1.82, 2.24) is 10.2 Å². The van der Waals surface area contributed by atoms with Gasteiger partial charge in [-0.15, -0.1) is 0 Å². The van der Waals surface area contributed by atoms with Gasteiger partial charge in [0.1, 0.15) is 0 Å². The van der Waals surface area contributed by atoms with Gasteiger partial charge in [-0.1, -0.05) is 13.8 Å². The van der Waals surface area contributed by atoms with E-state index in [2.05, 4.69) is 31.1 Å². The number of hydrogen-bond acceptors (Lipinski definition) is 2. The average molecular weight is 170 g/mol. The van der Waals surface area contributed by atoms with Gasteiger partial charge in [-0.3, -0.25) is 0 Å². The molecule has 0 aromatic heterocycles. The molecule has 0 radical (unpaired) electrons. The molecule has 2 nitrogen and oxygen atoms in total. The second kappa shape index (κ2) is 4.83. The van der Waals surface area contributed by atoms with Gasteiger partial charge in [0.2, 0.25) is 0 Å². The second-order valence-corrected chi connectivity index (χ2v) is 3.75. The molecule has 1 saturated heterocycles. The fourth-order valence-corrected chi connectivity index (χ4v) is 2.25. The first-order valence-corrected chi connectivity index (χ1v) is 5.21. The van der Waals surface area contributed by atoms with Crippen molar-refractivity contribution in [2.24, 2.45) is 5.92 Å². The van der Waals surface area contributed by atoms with Crippen molar-refractivity contribution < 1.29 is 0 Å². The highest BCUT2D eigenvalue weighted by molar-refractivity contribution is 4.82. The van der Waals surface area contributed by atoms with Crippen molar-refractivity contribution in [3.63, 3.8) is 0 Å². The summed E-state index contributed by atoms with van der Waals surface area (Å²) in [6, 6.07) is 0.738. The summed E-state index contributed by atoms with van der Waals surface area (Å²) >= 11 is 0. The molecule has 1 aliphatic heterocycles. The van der Waals surface area contributed by atoms with Crippen LogP contribution in [-0.4, -0.2) is 37.6 Å². The normalized spacial score (nSPS) is 27.8. The molecule has 0 saturated carbocycles. The molecule has 1 fully saturated rings. The van der Waals surface area contributed by atoms with Crippen molar-refractivity contribution in [3.8, 4) is 0 Å². The highest BCUT2D eigenvalue weighted by Gasteiger charge is 2.26. The first kappa shape index (κ1) is 10.0. The first-order valence-electron chi connectivity index (χ1n) is 5.21. The standard InChI is InChI=1S/C10H22N2/c1-4-10(11-3)9-6-7-12(5-2)8-9/h9-11H,4-8H2,1-3H3. The van der Waals surface area contributed by atoms with E-state index in [1.807, 2.05) is 0 Å². The number of likely N-dealkylation sites (tertiary alicyclic amines) is 1. The minimum Gasteiger partial charge on any atom is -0.317 e. The molecule has 1 heterocycles. The van der Waals surface area contributed by atoms with E-state index in [-0.39, 0.29) is 0 Å². The Morgan fingerprint density at radius 2 is 2.25 bits per heavy atom. The molecule has 0 aliphatic carbocycles. The summed E-state index contributed by atoms with van der Waals surface area (Å²) in [5.74, 6) is 0.889. The van der Waals surface area contributed by atoms with Gasteiger partial charge in [0.25, 0.3) is 0 Å². The summed E-state index contributed by atoms with van der Waals surface area (Å²) in [4.78, 5) is 2.55. The molecule has 0 amide bonds. The minimum atomic E-state index is 0.738. The lowest BCUT2D eigenvalue weighted by atomic mass is 9.97. The molecule has 0 aromatic rings. The molecule has 2 heteroatoms. The van der Waals surface area contributed by atoms with Gasteiger partial charge in [0, 0.05) is 12.6 Å². The zero-order valence-electron chi connectivity index (χ0n) is 8.64. The highest BCUT2D eigenvalue weighted by atomic mass is 15.1. The largest absolute Gasteiger partial charge is 0.317 e. The molecule has 1 aliphatic rings. The number of nitrogens with one attached hydrogen (secondary N) is 1. The molecule has 72 valence electrons. The van der Waals surface area contributed by atoms with E-state index in [0.29, 0.717) is 0 Å². The molecular weight excluding hydrogens is 148 g/mol.